The van der Waals surface area contributed by atoms with Gasteiger partial charge in [0.1, 0.15) is 0 Å². The average Bonchev–Trinajstić information content (AvgIpc) is 0.811. The molecule has 0 rings (SSSR count). The van der Waals surface area contributed by atoms with Crippen molar-refractivity contribution < 1.29 is 76.2 Å². The van der Waals surface area contributed by atoms with Crippen molar-refractivity contribution >= 4 is 7.32 Å². The molecule has 6 N–H and O–H groups in total. The van der Waals surface area contributed by atoms with Gasteiger partial charge >= 0.3 is 45.0 Å². The van der Waals surface area contributed by atoms with Crippen LogP contribution in [-0.4, -0.2) is 33.3 Å². The summed E-state index contributed by atoms with van der Waals surface area (Å²) in [6, 6.07) is 0. The van der Waals surface area contributed by atoms with Gasteiger partial charge in [-0.15, -0.1) is 0 Å². The van der Waals surface area contributed by atoms with Crippen LogP contribution in [0.4, 0.5) is 0 Å². The molecule has 9 heavy (non-hydrogen) atoms. The van der Waals surface area contributed by atoms with Gasteiger partial charge in [0, 0.05) is 0 Å². The molecule has 0 aromatic rings. The number of hydrogen-bond donors (Lipinski definition) is 3. The van der Waals surface area contributed by atoms with E-state index in [1.54, 1.807) is 0 Å². The van der Waals surface area contributed by atoms with Gasteiger partial charge < -0.3 is 38.4 Å². The minimum Gasteiger partial charge on any atom is -1.00 e. The van der Waals surface area contributed by atoms with Crippen molar-refractivity contribution in [2.75, 3.05) is 0 Å². The normalized spacial score (nSPS) is 3.00. The minimum atomic E-state index is -2.17. The van der Waals surface area contributed by atoms with E-state index in [4.69, 9.17) is 15.1 Å². The van der Waals surface area contributed by atoms with Crippen LogP contribution in [0, 0.1) is 0 Å². The van der Waals surface area contributed by atoms with E-state index in [-0.39, 0.29) is 61.1 Å². The first kappa shape index (κ1) is 47.8. The fraction of sp³-hybridized carbons (Fsp3) is 0. The molecule has 0 fully saturated rings. The number of rotatable bonds is 0. The summed E-state index contributed by atoms with van der Waals surface area (Å²) >= 11 is 0. The van der Waals surface area contributed by atoms with Crippen LogP contribution < -0.4 is 50.1 Å². The molecular formula is H6BClLi2O5. The Hall–Kier alpha value is 1.35. The molecule has 0 aliphatic heterocycles. The Morgan fingerprint density at radius 3 is 0.889 bits per heavy atom. The summed E-state index contributed by atoms with van der Waals surface area (Å²) in [4.78, 5) is 0. The van der Waals surface area contributed by atoms with Crippen LogP contribution in [0.1, 0.15) is 0 Å². The predicted molar refractivity (Wildman–Crippen MR) is 18.0 cm³/mol. The molecule has 0 heterocycles. The van der Waals surface area contributed by atoms with Gasteiger partial charge in [0.2, 0.25) is 0 Å². The van der Waals surface area contributed by atoms with Crippen molar-refractivity contribution in [3.8, 4) is 0 Å². The van der Waals surface area contributed by atoms with Crippen LogP contribution in [0.15, 0.2) is 0 Å². The largest absolute Gasteiger partial charge is 1.00 e. The second kappa shape index (κ2) is 34.5. The second-order valence-corrected chi connectivity index (χ2v) is 0.346. The third kappa shape index (κ3) is 277. The van der Waals surface area contributed by atoms with Gasteiger partial charge in [-0.3, -0.25) is 0 Å². The summed E-state index contributed by atoms with van der Waals surface area (Å²) in [6.45, 7) is 0. The maximum atomic E-state index is 7.17. The summed E-state index contributed by atoms with van der Waals surface area (Å²) in [6.07, 6.45) is 0. The molecule has 9 heteroatoms. The SMILES string of the molecule is O.OB(O)O.[Cl-].[Li+].[Li+].[OH-]. The van der Waals surface area contributed by atoms with Gasteiger partial charge in [-0.05, 0) is 0 Å². The van der Waals surface area contributed by atoms with Crippen LogP contribution in [-0.2, 0) is 0 Å². The number of hydrogen-bond acceptors (Lipinski definition) is 4. The van der Waals surface area contributed by atoms with E-state index < -0.39 is 7.32 Å². The Morgan fingerprint density at radius 1 is 0.889 bits per heavy atom. The molecule has 0 atom stereocenters. The zero-order valence-electron chi connectivity index (χ0n) is 5.24. The van der Waals surface area contributed by atoms with Crippen molar-refractivity contribution in [2.45, 2.75) is 0 Å². The minimum absolute atomic E-state index is 0. The summed E-state index contributed by atoms with van der Waals surface area (Å²) in [5.41, 5.74) is 0. The molecule has 5 nitrogen and oxygen atoms in total. The molecule has 0 bridgehead atoms. The van der Waals surface area contributed by atoms with Gasteiger partial charge in [-0.1, -0.05) is 0 Å². The fourth-order valence-electron chi connectivity index (χ4n) is 0. The predicted octanol–water partition coefficient (Wildman–Crippen LogP) is -12.0. The van der Waals surface area contributed by atoms with Crippen LogP contribution in [0.5, 0.6) is 0 Å². The topological polar surface area (TPSA) is 122 Å². The van der Waals surface area contributed by atoms with Gasteiger partial charge in [-0.25, -0.2) is 0 Å². The monoisotopic (exact) mass is 146 g/mol. The molecule has 48 valence electrons. The van der Waals surface area contributed by atoms with E-state index in [0.29, 0.717) is 0 Å². The van der Waals surface area contributed by atoms with Gasteiger partial charge in [-0.2, -0.15) is 0 Å². The smallest absolute Gasteiger partial charge is 1.00 e. The average molecular weight is 146 g/mol. The van der Waals surface area contributed by atoms with Crippen molar-refractivity contribution in [2.24, 2.45) is 0 Å². The summed E-state index contributed by atoms with van der Waals surface area (Å²) < 4.78 is 0. The van der Waals surface area contributed by atoms with E-state index in [0.717, 1.165) is 0 Å². The summed E-state index contributed by atoms with van der Waals surface area (Å²) in [5, 5.41) is 21.5. The third-order valence-corrected chi connectivity index (χ3v) is 0. The zero-order valence-corrected chi connectivity index (χ0v) is 6.00. The molecule has 0 spiro atoms. The first-order chi connectivity index (χ1) is 1.73. The fourth-order valence-corrected chi connectivity index (χ4v) is 0. The van der Waals surface area contributed by atoms with Crippen LogP contribution in [0.3, 0.4) is 0 Å². The van der Waals surface area contributed by atoms with Gasteiger partial charge in [0.05, 0.1) is 0 Å². The third-order valence-electron chi connectivity index (χ3n) is 0. The van der Waals surface area contributed by atoms with Crippen molar-refractivity contribution in [3.63, 3.8) is 0 Å². The van der Waals surface area contributed by atoms with E-state index in [1.165, 1.54) is 0 Å². The molecular weight excluding hydrogens is 140 g/mol. The van der Waals surface area contributed by atoms with Crippen LogP contribution in [0.2, 0.25) is 0 Å². The molecule has 0 aromatic heterocycles. The van der Waals surface area contributed by atoms with E-state index in [9.17, 15) is 0 Å². The standard InChI is InChI=1S/BH3O3.ClH.2Li.2H2O/c2-1(3)4;;;;;/h2-4H;1H;;;2*1H2/q;;2*+1;;/p-2. The number of halogens is 1. The Morgan fingerprint density at radius 2 is 0.889 bits per heavy atom. The van der Waals surface area contributed by atoms with E-state index in [2.05, 4.69) is 0 Å². The Balaban J connectivity index is -0.00000000450. The Labute approximate surface area is 83.4 Å². The van der Waals surface area contributed by atoms with Crippen LogP contribution >= 0.6 is 0 Å². The second-order valence-electron chi connectivity index (χ2n) is 0.346. The van der Waals surface area contributed by atoms with Crippen LogP contribution in [0.25, 0.3) is 0 Å². The van der Waals surface area contributed by atoms with Crippen molar-refractivity contribution in [3.05, 3.63) is 0 Å². The van der Waals surface area contributed by atoms with Crippen molar-refractivity contribution in [1.29, 1.82) is 0 Å². The van der Waals surface area contributed by atoms with Gasteiger partial charge in [0.15, 0.2) is 0 Å². The summed E-state index contributed by atoms with van der Waals surface area (Å²) in [7, 11) is -2.17. The quantitative estimate of drug-likeness (QED) is 0.294. The summed E-state index contributed by atoms with van der Waals surface area (Å²) in [5.74, 6) is 0. The first-order valence-corrected chi connectivity index (χ1v) is 0.775. The van der Waals surface area contributed by atoms with E-state index >= 15 is 0 Å². The first-order valence-electron chi connectivity index (χ1n) is 0.775. The maximum absolute atomic E-state index is 7.17. The molecule has 0 aliphatic rings. The van der Waals surface area contributed by atoms with Gasteiger partial charge in [0.25, 0.3) is 0 Å². The van der Waals surface area contributed by atoms with E-state index in [1.807, 2.05) is 0 Å². The molecule has 0 aromatic carbocycles. The molecule has 0 saturated heterocycles. The molecule has 0 amide bonds. The molecule has 0 aliphatic carbocycles. The zero-order chi connectivity index (χ0) is 3.58. The Kier molecular flexibility index (Phi) is 183. The molecule has 0 unspecified atom stereocenters. The molecule has 0 radical (unpaired) electrons. The Bertz CT molecular complexity index is 19.7. The van der Waals surface area contributed by atoms with Crippen molar-refractivity contribution in [1.82, 2.24) is 0 Å². The maximum Gasteiger partial charge on any atom is 1.00 e. The molecule has 0 saturated carbocycles.